The van der Waals surface area contributed by atoms with Crippen LogP contribution in [0.2, 0.25) is 0 Å². The first-order chi connectivity index (χ1) is 8.04. The smallest absolute Gasteiger partial charge is 0.330 e. The lowest BCUT2D eigenvalue weighted by Crippen LogP contribution is -2.35. The molecular weight excluding hydrogens is 250 g/mol. The van der Waals surface area contributed by atoms with Gasteiger partial charge in [-0.25, -0.2) is 4.79 Å². The Labute approximate surface area is 99.8 Å². The molecule has 7 nitrogen and oxygen atoms in total. The van der Waals surface area contributed by atoms with Crippen molar-refractivity contribution in [1.82, 2.24) is 9.55 Å². The maximum absolute atomic E-state index is 11.5. The van der Waals surface area contributed by atoms with E-state index in [0.717, 1.165) is 10.6 Å². The number of aromatic amines is 1. The van der Waals surface area contributed by atoms with Crippen LogP contribution in [-0.4, -0.2) is 32.2 Å². The number of hydrogen-bond acceptors (Lipinski definition) is 5. The Morgan fingerprint density at radius 1 is 1.59 bits per heavy atom. The van der Waals surface area contributed by atoms with Gasteiger partial charge in [0, 0.05) is 12.3 Å². The lowest BCUT2D eigenvalue weighted by molar-refractivity contribution is 0.00903. The number of halogens is 1. The molecule has 1 aromatic heterocycles. The topological polar surface area (TPSA) is 108 Å². The highest BCUT2D eigenvalue weighted by atomic mass is 35.5. The predicted molar refractivity (Wildman–Crippen MR) is 56.5 cm³/mol. The van der Waals surface area contributed by atoms with Gasteiger partial charge < -0.3 is 9.84 Å². The first-order valence-corrected chi connectivity index (χ1v) is 5.17. The maximum atomic E-state index is 11.5. The zero-order valence-corrected chi connectivity index (χ0v) is 9.16. The molecule has 2 rings (SSSR count). The number of nitrogens with zero attached hydrogens (tertiary/aromatic N) is 2. The van der Waals surface area contributed by atoms with Crippen molar-refractivity contribution in [2.24, 2.45) is 0 Å². The van der Waals surface area contributed by atoms with Crippen molar-refractivity contribution in [3.05, 3.63) is 33.1 Å². The highest BCUT2D eigenvalue weighted by molar-refractivity contribution is 6.21. The molecule has 2 heterocycles. The normalized spacial score (nSPS) is 32.3. The molecule has 0 unspecified atom stereocenters. The molecule has 90 valence electrons. The van der Waals surface area contributed by atoms with Gasteiger partial charge in [0.1, 0.15) is 11.5 Å². The van der Waals surface area contributed by atoms with Crippen LogP contribution in [0.4, 0.5) is 0 Å². The van der Waals surface area contributed by atoms with E-state index in [2.05, 4.69) is 0 Å². The number of nitriles is 1. The molecule has 8 heteroatoms. The van der Waals surface area contributed by atoms with Crippen molar-refractivity contribution in [3.8, 4) is 6.07 Å². The number of alkyl halides is 1. The minimum atomic E-state index is -1.19. The van der Waals surface area contributed by atoms with Crippen LogP contribution in [0.1, 0.15) is 6.23 Å². The molecule has 0 aromatic carbocycles. The zero-order chi connectivity index (χ0) is 12.6. The van der Waals surface area contributed by atoms with Crippen LogP contribution in [-0.2, 0) is 4.74 Å². The molecule has 1 fully saturated rings. The first kappa shape index (κ1) is 11.9. The fraction of sp³-hybridized carbons (Fsp3) is 0.444. The van der Waals surface area contributed by atoms with Gasteiger partial charge in [-0.15, -0.1) is 11.6 Å². The number of hydrogen-bond donors (Lipinski definition) is 2. The number of ether oxygens (including phenoxy) is 1. The molecule has 17 heavy (non-hydrogen) atoms. The summed E-state index contributed by atoms with van der Waals surface area (Å²) >= 11 is 5.87. The van der Waals surface area contributed by atoms with E-state index in [9.17, 15) is 14.7 Å². The first-order valence-electron chi connectivity index (χ1n) is 4.73. The molecular formula is C9H8ClN3O4. The summed E-state index contributed by atoms with van der Waals surface area (Å²) in [4.78, 5) is 24.4. The van der Waals surface area contributed by atoms with Crippen molar-refractivity contribution in [3.63, 3.8) is 0 Å². The molecule has 1 aromatic rings. The lowest BCUT2D eigenvalue weighted by Gasteiger charge is -2.15. The monoisotopic (exact) mass is 257 g/mol. The molecule has 2 N–H and O–H groups in total. The quantitative estimate of drug-likeness (QED) is 0.623. The molecule has 0 amide bonds. The number of nitrogens with one attached hydrogen (secondary N) is 1. The Kier molecular flexibility index (Phi) is 3.02. The number of H-pyrrole nitrogens is 1. The van der Waals surface area contributed by atoms with E-state index in [0.29, 0.717) is 0 Å². The summed E-state index contributed by atoms with van der Waals surface area (Å²) in [6.45, 7) is 0. The van der Waals surface area contributed by atoms with Gasteiger partial charge in [0.25, 0.3) is 5.56 Å². The third-order valence-electron chi connectivity index (χ3n) is 2.45. The van der Waals surface area contributed by atoms with E-state index < -0.39 is 35.1 Å². The van der Waals surface area contributed by atoms with Crippen molar-refractivity contribution in [1.29, 1.82) is 5.26 Å². The number of rotatable bonds is 1. The predicted octanol–water partition coefficient (Wildman–Crippen LogP) is -1.07. The second-order valence-electron chi connectivity index (χ2n) is 3.53. The molecule has 1 aliphatic rings. The highest BCUT2D eigenvalue weighted by Crippen LogP contribution is 2.31. The second kappa shape index (κ2) is 4.33. The lowest BCUT2D eigenvalue weighted by atomic mass is 10.2. The van der Waals surface area contributed by atoms with Crippen LogP contribution in [0.15, 0.2) is 21.9 Å². The van der Waals surface area contributed by atoms with Gasteiger partial charge in [0.05, 0.1) is 6.07 Å². The third-order valence-corrected chi connectivity index (χ3v) is 2.92. The summed E-state index contributed by atoms with van der Waals surface area (Å²) in [5.41, 5.74) is -1.26. The van der Waals surface area contributed by atoms with Gasteiger partial charge in [-0.1, -0.05) is 0 Å². The van der Waals surface area contributed by atoms with Crippen LogP contribution in [0.3, 0.4) is 0 Å². The number of aliphatic hydroxyl groups is 1. The van der Waals surface area contributed by atoms with Crippen LogP contribution in [0.25, 0.3) is 0 Å². The van der Waals surface area contributed by atoms with Crippen LogP contribution < -0.4 is 11.2 Å². The maximum Gasteiger partial charge on any atom is 0.330 e. The van der Waals surface area contributed by atoms with E-state index in [-0.39, 0.29) is 0 Å². The Morgan fingerprint density at radius 2 is 2.29 bits per heavy atom. The highest BCUT2D eigenvalue weighted by Gasteiger charge is 2.44. The van der Waals surface area contributed by atoms with Crippen molar-refractivity contribution >= 4 is 11.6 Å². The van der Waals surface area contributed by atoms with Crippen molar-refractivity contribution in [2.45, 2.75) is 23.8 Å². The fourth-order valence-corrected chi connectivity index (χ4v) is 1.91. The Balaban J connectivity index is 2.39. The molecule has 1 saturated heterocycles. The molecule has 0 radical (unpaired) electrons. The van der Waals surface area contributed by atoms with Gasteiger partial charge in [-0.2, -0.15) is 5.26 Å². The van der Waals surface area contributed by atoms with Crippen LogP contribution in [0.5, 0.6) is 0 Å². The third kappa shape index (κ3) is 1.98. The average molecular weight is 258 g/mol. The molecule has 0 saturated carbocycles. The Morgan fingerprint density at radius 3 is 2.82 bits per heavy atom. The number of aliphatic hydroxyl groups excluding tert-OH is 1. The fourth-order valence-electron chi connectivity index (χ4n) is 1.59. The minimum absolute atomic E-state index is 0.548. The number of aromatic nitrogens is 2. The molecule has 4 atom stereocenters. The summed E-state index contributed by atoms with van der Waals surface area (Å²) in [7, 11) is 0. The summed E-state index contributed by atoms with van der Waals surface area (Å²) < 4.78 is 6.17. The van der Waals surface area contributed by atoms with Gasteiger partial charge in [0.2, 0.25) is 0 Å². The summed E-state index contributed by atoms with van der Waals surface area (Å²) in [5.74, 6) is 0. The molecule has 1 aliphatic heterocycles. The van der Waals surface area contributed by atoms with E-state index in [1.807, 2.05) is 4.98 Å². The Bertz CT molecular complexity index is 575. The van der Waals surface area contributed by atoms with Crippen LogP contribution >= 0.6 is 11.6 Å². The molecule has 0 aliphatic carbocycles. The second-order valence-corrected chi connectivity index (χ2v) is 4.03. The van der Waals surface area contributed by atoms with Gasteiger partial charge in [0.15, 0.2) is 12.3 Å². The standard InChI is InChI=1S/C9H8ClN3O4/c10-6-7(15)4(3-11)17-8(6)13-2-1-5(14)12-9(13)16/h1-2,4,6-8,15H,(H,12,14,16)/t4-,6+,7+,8-/m0/s1. The van der Waals surface area contributed by atoms with Gasteiger partial charge >= 0.3 is 5.69 Å². The SMILES string of the molecule is N#C[C@@H]1O[C@H](n2ccc(=O)[nH]c2=O)[C@H](Cl)[C@@H]1O. The van der Waals surface area contributed by atoms with E-state index in [1.54, 1.807) is 6.07 Å². The van der Waals surface area contributed by atoms with Crippen molar-refractivity contribution < 1.29 is 9.84 Å². The largest absolute Gasteiger partial charge is 0.388 e. The van der Waals surface area contributed by atoms with E-state index in [1.165, 1.54) is 6.20 Å². The van der Waals surface area contributed by atoms with Gasteiger partial charge in [-0.3, -0.25) is 14.3 Å². The summed E-state index contributed by atoms with van der Waals surface area (Å²) in [5, 5.41) is 17.3. The van der Waals surface area contributed by atoms with E-state index >= 15 is 0 Å². The van der Waals surface area contributed by atoms with Crippen molar-refractivity contribution in [2.75, 3.05) is 0 Å². The van der Waals surface area contributed by atoms with Crippen LogP contribution in [0, 0.1) is 11.3 Å². The Hall–Kier alpha value is -1.62. The summed E-state index contributed by atoms with van der Waals surface area (Å²) in [6, 6.07) is 2.86. The van der Waals surface area contributed by atoms with E-state index in [4.69, 9.17) is 21.6 Å². The zero-order valence-electron chi connectivity index (χ0n) is 8.41. The molecule has 0 bridgehead atoms. The minimum Gasteiger partial charge on any atom is -0.388 e. The molecule has 0 spiro atoms. The van der Waals surface area contributed by atoms with Gasteiger partial charge in [-0.05, 0) is 0 Å². The average Bonchev–Trinajstić information content (AvgIpc) is 2.57. The summed E-state index contributed by atoms with van der Waals surface area (Å²) in [6.07, 6.45) is -2.07.